The van der Waals surface area contributed by atoms with Crippen molar-refractivity contribution in [3.05, 3.63) is 35.4 Å². The number of aryl methyl sites for hydroxylation is 1. The van der Waals surface area contributed by atoms with Crippen molar-refractivity contribution in [3.63, 3.8) is 0 Å². The molecule has 0 unspecified atom stereocenters. The zero-order chi connectivity index (χ0) is 18.9. The Bertz CT molecular complexity index is 647. The molecule has 0 saturated heterocycles. The van der Waals surface area contributed by atoms with Gasteiger partial charge in [0.15, 0.2) is 0 Å². The van der Waals surface area contributed by atoms with Gasteiger partial charge in [0.25, 0.3) is 0 Å². The first kappa shape index (κ1) is 19.9. The van der Waals surface area contributed by atoms with Gasteiger partial charge < -0.3 is 10.1 Å². The minimum Gasteiger partial charge on any atom is -0.450 e. The summed E-state index contributed by atoms with van der Waals surface area (Å²) in [5.41, 5.74) is 2.46. The summed E-state index contributed by atoms with van der Waals surface area (Å²) in [7, 11) is 0. The highest BCUT2D eigenvalue weighted by Gasteiger charge is 2.22. The Kier molecular flexibility index (Phi) is 7.59. The standard InChI is InChI=1S/C19H27N3O4/c1-3-22(13-18(24)21-19(25)26-4-2)12-17(23)20-16-11-7-9-14-8-5-6-10-15(14)16/h5-6,8,10,16H,3-4,7,9,11-13H2,1-2H3,(H,20,23)(H,21,24,25)/t16-/m1/s1. The van der Waals surface area contributed by atoms with Gasteiger partial charge in [0, 0.05) is 0 Å². The molecule has 1 aromatic rings. The van der Waals surface area contributed by atoms with Crippen molar-refractivity contribution in [1.82, 2.24) is 15.5 Å². The Labute approximate surface area is 154 Å². The van der Waals surface area contributed by atoms with Crippen LogP contribution in [0.1, 0.15) is 43.9 Å². The molecule has 0 radical (unpaired) electrons. The van der Waals surface area contributed by atoms with Crippen LogP contribution in [0.3, 0.4) is 0 Å². The highest BCUT2D eigenvalue weighted by Crippen LogP contribution is 2.29. The number of hydrogen-bond acceptors (Lipinski definition) is 5. The number of likely N-dealkylation sites (N-methyl/N-ethyl adjacent to an activating group) is 1. The van der Waals surface area contributed by atoms with Crippen LogP contribution in [-0.2, 0) is 20.7 Å². The predicted molar refractivity (Wildman–Crippen MR) is 97.5 cm³/mol. The van der Waals surface area contributed by atoms with E-state index in [2.05, 4.69) is 27.5 Å². The summed E-state index contributed by atoms with van der Waals surface area (Å²) in [6.07, 6.45) is 2.23. The quantitative estimate of drug-likeness (QED) is 0.773. The lowest BCUT2D eigenvalue weighted by molar-refractivity contribution is -0.125. The van der Waals surface area contributed by atoms with Crippen molar-refractivity contribution >= 4 is 17.9 Å². The van der Waals surface area contributed by atoms with Gasteiger partial charge in [0.1, 0.15) is 0 Å². The maximum atomic E-state index is 12.4. The number of carbonyl (C=O) groups is 3. The SMILES string of the molecule is CCOC(=O)NC(=O)CN(CC)CC(=O)N[C@@H]1CCCc2ccccc21. The lowest BCUT2D eigenvalue weighted by atomic mass is 9.88. The summed E-state index contributed by atoms with van der Waals surface area (Å²) < 4.78 is 4.67. The molecule has 0 bridgehead atoms. The summed E-state index contributed by atoms with van der Waals surface area (Å²) in [4.78, 5) is 37.2. The largest absolute Gasteiger partial charge is 0.450 e. The average Bonchev–Trinajstić information content (AvgIpc) is 2.61. The van der Waals surface area contributed by atoms with Crippen molar-refractivity contribution in [3.8, 4) is 0 Å². The number of ether oxygens (including phenoxy) is 1. The monoisotopic (exact) mass is 361 g/mol. The molecule has 0 saturated carbocycles. The van der Waals surface area contributed by atoms with E-state index in [1.807, 2.05) is 19.1 Å². The van der Waals surface area contributed by atoms with Gasteiger partial charge in [-0.15, -0.1) is 0 Å². The van der Waals surface area contributed by atoms with E-state index in [1.165, 1.54) is 11.1 Å². The number of fused-ring (bicyclic) bond motifs is 1. The van der Waals surface area contributed by atoms with E-state index in [0.717, 1.165) is 19.3 Å². The van der Waals surface area contributed by atoms with E-state index in [1.54, 1.807) is 11.8 Å². The van der Waals surface area contributed by atoms with Crippen LogP contribution in [-0.4, -0.2) is 49.0 Å². The van der Waals surface area contributed by atoms with Gasteiger partial charge in [-0.25, -0.2) is 4.79 Å². The minimum absolute atomic E-state index is 0.0134. The molecule has 0 spiro atoms. The van der Waals surface area contributed by atoms with Crippen LogP contribution in [0.25, 0.3) is 0 Å². The zero-order valence-corrected chi connectivity index (χ0v) is 15.4. The van der Waals surface area contributed by atoms with Gasteiger partial charge in [0.2, 0.25) is 11.8 Å². The first-order chi connectivity index (χ1) is 12.5. The summed E-state index contributed by atoms with van der Waals surface area (Å²) in [5, 5.41) is 5.21. The molecule has 7 heteroatoms. The van der Waals surface area contributed by atoms with Crippen molar-refractivity contribution in [1.29, 1.82) is 0 Å². The Balaban J connectivity index is 1.86. The highest BCUT2D eigenvalue weighted by atomic mass is 16.5. The first-order valence-corrected chi connectivity index (χ1v) is 9.09. The number of imide groups is 1. The van der Waals surface area contributed by atoms with Crippen molar-refractivity contribution in [2.75, 3.05) is 26.2 Å². The third kappa shape index (κ3) is 5.84. The van der Waals surface area contributed by atoms with Crippen LogP contribution < -0.4 is 10.6 Å². The third-order valence-electron chi connectivity index (χ3n) is 4.40. The molecule has 1 aromatic carbocycles. The first-order valence-electron chi connectivity index (χ1n) is 9.09. The van der Waals surface area contributed by atoms with E-state index < -0.39 is 12.0 Å². The number of benzene rings is 1. The molecule has 0 aromatic heterocycles. The number of rotatable bonds is 7. The summed E-state index contributed by atoms with van der Waals surface area (Å²) in [5.74, 6) is -0.612. The van der Waals surface area contributed by atoms with Gasteiger partial charge in [-0.3, -0.25) is 19.8 Å². The smallest absolute Gasteiger partial charge is 0.413 e. The second kappa shape index (κ2) is 9.91. The Morgan fingerprint density at radius 2 is 1.88 bits per heavy atom. The highest BCUT2D eigenvalue weighted by molar-refractivity contribution is 5.93. The Morgan fingerprint density at radius 3 is 2.62 bits per heavy atom. The zero-order valence-electron chi connectivity index (χ0n) is 15.4. The fraction of sp³-hybridized carbons (Fsp3) is 0.526. The number of alkyl carbamates (subject to hydrolysis) is 1. The fourth-order valence-corrected chi connectivity index (χ4v) is 3.15. The number of carbonyl (C=O) groups excluding carboxylic acids is 3. The van der Waals surface area contributed by atoms with Crippen molar-refractivity contribution in [2.45, 2.75) is 39.2 Å². The molecule has 1 atom stereocenters. The molecule has 1 aliphatic rings. The average molecular weight is 361 g/mol. The Morgan fingerprint density at radius 1 is 1.15 bits per heavy atom. The lowest BCUT2D eigenvalue weighted by Gasteiger charge is -2.27. The summed E-state index contributed by atoms with van der Waals surface area (Å²) in [6, 6.07) is 8.18. The van der Waals surface area contributed by atoms with Gasteiger partial charge >= 0.3 is 6.09 Å². The molecule has 142 valence electrons. The van der Waals surface area contributed by atoms with Crippen LogP contribution in [0.2, 0.25) is 0 Å². The topological polar surface area (TPSA) is 87.7 Å². The molecule has 26 heavy (non-hydrogen) atoms. The molecule has 7 nitrogen and oxygen atoms in total. The molecule has 0 heterocycles. The van der Waals surface area contributed by atoms with Crippen LogP contribution in [0, 0.1) is 0 Å². The van der Waals surface area contributed by atoms with Gasteiger partial charge in [-0.1, -0.05) is 31.2 Å². The van der Waals surface area contributed by atoms with Gasteiger partial charge in [-0.2, -0.15) is 0 Å². The Hall–Kier alpha value is -2.41. The maximum Gasteiger partial charge on any atom is 0.413 e. The second-order valence-electron chi connectivity index (χ2n) is 6.28. The molecular weight excluding hydrogens is 334 g/mol. The van der Waals surface area contributed by atoms with Crippen LogP contribution in [0.5, 0.6) is 0 Å². The number of nitrogens with zero attached hydrogens (tertiary/aromatic N) is 1. The van der Waals surface area contributed by atoms with E-state index >= 15 is 0 Å². The molecule has 0 fully saturated rings. The molecular formula is C19H27N3O4. The summed E-state index contributed by atoms with van der Waals surface area (Å²) in [6.45, 7) is 4.30. The van der Waals surface area contributed by atoms with Gasteiger partial charge in [-0.05, 0) is 43.9 Å². The van der Waals surface area contributed by atoms with E-state index in [0.29, 0.717) is 6.54 Å². The second-order valence-corrected chi connectivity index (χ2v) is 6.28. The molecule has 3 amide bonds. The minimum atomic E-state index is -0.767. The van der Waals surface area contributed by atoms with Gasteiger partial charge in [0.05, 0.1) is 25.7 Å². The maximum absolute atomic E-state index is 12.4. The lowest BCUT2D eigenvalue weighted by Crippen LogP contribution is -2.45. The molecule has 0 aliphatic heterocycles. The molecule has 2 rings (SSSR count). The van der Waals surface area contributed by atoms with E-state index in [4.69, 9.17) is 0 Å². The number of nitrogens with one attached hydrogen (secondary N) is 2. The van der Waals surface area contributed by atoms with Crippen LogP contribution in [0.4, 0.5) is 4.79 Å². The molecule has 2 N–H and O–H groups in total. The molecule has 1 aliphatic carbocycles. The third-order valence-corrected chi connectivity index (χ3v) is 4.40. The van der Waals surface area contributed by atoms with E-state index in [9.17, 15) is 14.4 Å². The predicted octanol–water partition coefficient (Wildman–Crippen LogP) is 1.77. The van der Waals surface area contributed by atoms with E-state index in [-0.39, 0.29) is 31.6 Å². The van der Waals surface area contributed by atoms with Crippen molar-refractivity contribution < 1.29 is 19.1 Å². The van der Waals surface area contributed by atoms with Crippen LogP contribution in [0.15, 0.2) is 24.3 Å². The number of amides is 3. The van der Waals surface area contributed by atoms with Crippen molar-refractivity contribution in [2.24, 2.45) is 0 Å². The normalized spacial score (nSPS) is 15.9. The van der Waals surface area contributed by atoms with Crippen LogP contribution >= 0.6 is 0 Å². The fourth-order valence-electron chi connectivity index (χ4n) is 3.15. The summed E-state index contributed by atoms with van der Waals surface area (Å²) >= 11 is 0. The number of hydrogen-bond donors (Lipinski definition) is 2.